The van der Waals surface area contributed by atoms with Crippen LogP contribution in [-0.4, -0.2) is 26.5 Å². The molecule has 0 aliphatic heterocycles. The SMILES string of the molecule is CCNc1cn2ccnc2c(NC(C)(CC)CC)n1. The molecule has 0 unspecified atom stereocenters. The van der Waals surface area contributed by atoms with Gasteiger partial charge in [0.1, 0.15) is 5.82 Å². The van der Waals surface area contributed by atoms with Gasteiger partial charge in [0.15, 0.2) is 11.5 Å². The van der Waals surface area contributed by atoms with E-state index in [0.29, 0.717) is 0 Å². The Kier molecular flexibility index (Phi) is 3.93. The van der Waals surface area contributed by atoms with Crippen molar-refractivity contribution in [2.24, 2.45) is 0 Å². The molecule has 2 aromatic rings. The molecule has 19 heavy (non-hydrogen) atoms. The maximum Gasteiger partial charge on any atom is 0.180 e. The van der Waals surface area contributed by atoms with Crippen molar-refractivity contribution in [3.05, 3.63) is 18.6 Å². The minimum absolute atomic E-state index is 0.0459. The van der Waals surface area contributed by atoms with Crippen LogP contribution < -0.4 is 10.6 Å². The van der Waals surface area contributed by atoms with Gasteiger partial charge >= 0.3 is 0 Å². The molecular formula is C14H23N5. The van der Waals surface area contributed by atoms with Crippen molar-refractivity contribution in [3.8, 4) is 0 Å². The monoisotopic (exact) mass is 261 g/mol. The lowest BCUT2D eigenvalue weighted by Gasteiger charge is -2.29. The Morgan fingerprint density at radius 1 is 1.26 bits per heavy atom. The fourth-order valence-electron chi connectivity index (χ4n) is 1.99. The fourth-order valence-corrected chi connectivity index (χ4v) is 1.99. The molecule has 0 bridgehead atoms. The van der Waals surface area contributed by atoms with E-state index in [9.17, 15) is 0 Å². The van der Waals surface area contributed by atoms with Gasteiger partial charge in [-0.1, -0.05) is 13.8 Å². The van der Waals surface area contributed by atoms with Gasteiger partial charge in [-0.3, -0.25) is 0 Å². The average molecular weight is 261 g/mol. The number of rotatable bonds is 6. The fraction of sp³-hybridized carbons (Fsp3) is 0.571. The number of imidazole rings is 1. The van der Waals surface area contributed by atoms with Gasteiger partial charge in [0.05, 0.1) is 6.20 Å². The van der Waals surface area contributed by atoms with E-state index < -0.39 is 0 Å². The molecule has 2 heterocycles. The zero-order valence-corrected chi connectivity index (χ0v) is 12.2. The van der Waals surface area contributed by atoms with Crippen molar-refractivity contribution in [1.29, 1.82) is 0 Å². The first-order valence-electron chi connectivity index (χ1n) is 6.97. The van der Waals surface area contributed by atoms with Crippen molar-refractivity contribution in [1.82, 2.24) is 14.4 Å². The van der Waals surface area contributed by atoms with Crippen LogP contribution >= 0.6 is 0 Å². The van der Waals surface area contributed by atoms with Crippen LogP contribution in [0.1, 0.15) is 40.5 Å². The zero-order valence-electron chi connectivity index (χ0n) is 12.2. The first kappa shape index (κ1) is 13.6. The highest BCUT2D eigenvalue weighted by Gasteiger charge is 2.21. The summed E-state index contributed by atoms with van der Waals surface area (Å²) in [6, 6.07) is 0. The third-order valence-electron chi connectivity index (χ3n) is 3.71. The van der Waals surface area contributed by atoms with Crippen LogP contribution in [0.3, 0.4) is 0 Å². The normalized spacial score (nSPS) is 11.8. The van der Waals surface area contributed by atoms with Crippen molar-refractivity contribution in [3.63, 3.8) is 0 Å². The summed E-state index contributed by atoms with van der Waals surface area (Å²) in [6.45, 7) is 9.51. The maximum absolute atomic E-state index is 4.64. The van der Waals surface area contributed by atoms with Gasteiger partial charge in [0.25, 0.3) is 0 Å². The minimum atomic E-state index is 0.0459. The third kappa shape index (κ3) is 2.80. The number of hydrogen-bond acceptors (Lipinski definition) is 4. The van der Waals surface area contributed by atoms with Gasteiger partial charge in [0.2, 0.25) is 0 Å². The van der Waals surface area contributed by atoms with Gasteiger partial charge in [-0.2, -0.15) is 0 Å². The number of nitrogens with zero attached hydrogens (tertiary/aromatic N) is 3. The number of anilines is 2. The van der Waals surface area contributed by atoms with Crippen LogP contribution in [0.15, 0.2) is 18.6 Å². The highest BCUT2D eigenvalue weighted by atomic mass is 15.2. The highest BCUT2D eigenvalue weighted by molar-refractivity contribution is 5.66. The van der Waals surface area contributed by atoms with Crippen LogP contribution in [0, 0.1) is 0 Å². The average Bonchev–Trinajstić information content (AvgIpc) is 2.87. The largest absolute Gasteiger partial charge is 0.369 e. The summed E-state index contributed by atoms with van der Waals surface area (Å²) in [4.78, 5) is 9.02. The van der Waals surface area contributed by atoms with E-state index in [-0.39, 0.29) is 5.54 Å². The molecule has 0 aliphatic rings. The van der Waals surface area contributed by atoms with E-state index in [2.05, 4.69) is 48.3 Å². The molecule has 2 rings (SSSR count). The molecule has 0 amide bonds. The molecular weight excluding hydrogens is 238 g/mol. The molecule has 0 aromatic carbocycles. The van der Waals surface area contributed by atoms with Crippen molar-refractivity contribution < 1.29 is 0 Å². The smallest absolute Gasteiger partial charge is 0.180 e. The number of hydrogen-bond donors (Lipinski definition) is 2. The van der Waals surface area contributed by atoms with E-state index in [1.807, 2.05) is 16.8 Å². The van der Waals surface area contributed by atoms with Gasteiger partial charge in [-0.05, 0) is 26.7 Å². The first-order chi connectivity index (χ1) is 9.11. The molecule has 5 heteroatoms. The Hall–Kier alpha value is -1.78. The Bertz CT molecular complexity index is 542. The molecule has 0 atom stereocenters. The second kappa shape index (κ2) is 5.47. The Balaban J connectivity index is 2.42. The standard InChI is InChI=1S/C14H23N5/c1-5-14(4,6-2)18-12-13-16-8-9-19(13)10-11(17-12)15-7-3/h8-10,15H,5-7H2,1-4H3,(H,17,18). The Morgan fingerprint density at radius 3 is 2.63 bits per heavy atom. The summed E-state index contributed by atoms with van der Waals surface area (Å²) in [5, 5.41) is 6.80. The van der Waals surface area contributed by atoms with Crippen LogP contribution in [0.25, 0.3) is 5.65 Å². The summed E-state index contributed by atoms with van der Waals surface area (Å²) in [6.07, 6.45) is 7.80. The first-order valence-corrected chi connectivity index (χ1v) is 6.97. The van der Waals surface area contributed by atoms with E-state index in [1.54, 1.807) is 6.20 Å². The number of nitrogens with one attached hydrogen (secondary N) is 2. The van der Waals surface area contributed by atoms with Crippen LogP contribution in [-0.2, 0) is 0 Å². The van der Waals surface area contributed by atoms with E-state index in [0.717, 1.165) is 36.7 Å². The Morgan fingerprint density at radius 2 is 2.00 bits per heavy atom. The molecule has 0 spiro atoms. The summed E-state index contributed by atoms with van der Waals surface area (Å²) in [5.41, 5.74) is 0.916. The molecule has 0 fully saturated rings. The zero-order chi connectivity index (χ0) is 13.9. The third-order valence-corrected chi connectivity index (χ3v) is 3.71. The lowest BCUT2D eigenvalue weighted by molar-refractivity contribution is 0.477. The number of fused-ring (bicyclic) bond motifs is 1. The van der Waals surface area contributed by atoms with Crippen LogP contribution in [0.5, 0.6) is 0 Å². The lowest BCUT2D eigenvalue weighted by Crippen LogP contribution is -2.33. The lowest BCUT2D eigenvalue weighted by atomic mass is 9.96. The topological polar surface area (TPSA) is 54.2 Å². The predicted octanol–water partition coefficient (Wildman–Crippen LogP) is 3.15. The van der Waals surface area contributed by atoms with Gasteiger partial charge in [-0.25, -0.2) is 9.97 Å². The molecule has 0 radical (unpaired) electrons. The molecule has 5 nitrogen and oxygen atoms in total. The van der Waals surface area contributed by atoms with Gasteiger partial charge < -0.3 is 15.0 Å². The van der Waals surface area contributed by atoms with Crippen molar-refractivity contribution in [2.45, 2.75) is 46.1 Å². The summed E-state index contributed by atoms with van der Waals surface area (Å²) in [5.74, 6) is 1.71. The quantitative estimate of drug-likeness (QED) is 0.838. The molecule has 0 aliphatic carbocycles. The molecule has 104 valence electrons. The summed E-state index contributed by atoms with van der Waals surface area (Å²) >= 11 is 0. The summed E-state index contributed by atoms with van der Waals surface area (Å²) < 4.78 is 2.00. The van der Waals surface area contributed by atoms with E-state index in [1.165, 1.54) is 0 Å². The number of aromatic nitrogens is 3. The van der Waals surface area contributed by atoms with E-state index in [4.69, 9.17) is 0 Å². The molecule has 2 aromatic heterocycles. The van der Waals surface area contributed by atoms with E-state index >= 15 is 0 Å². The van der Waals surface area contributed by atoms with Gasteiger partial charge in [0, 0.05) is 24.5 Å². The molecule has 2 N–H and O–H groups in total. The second-order valence-electron chi connectivity index (χ2n) is 5.06. The van der Waals surface area contributed by atoms with Crippen molar-refractivity contribution in [2.75, 3.05) is 17.2 Å². The molecule has 0 saturated carbocycles. The van der Waals surface area contributed by atoms with Gasteiger partial charge in [-0.15, -0.1) is 0 Å². The maximum atomic E-state index is 4.64. The Labute approximate surface area is 114 Å². The predicted molar refractivity (Wildman–Crippen MR) is 79.8 cm³/mol. The van der Waals surface area contributed by atoms with Crippen LogP contribution in [0.2, 0.25) is 0 Å². The van der Waals surface area contributed by atoms with Crippen molar-refractivity contribution >= 4 is 17.3 Å². The highest BCUT2D eigenvalue weighted by Crippen LogP contribution is 2.24. The van der Waals surface area contributed by atoms with Crippen LogP contribution in [0.4, 0.5) is 11.6 Å². The summed E-state index contributed by atoms with van der Waals surface area (Å²) in [7, 11) is 0. The second-order valence-corrected chi connectivity index (χ2v) is 5.06. The molecule has 0 saturated heterocycles. The minimum Gasteiger partial charge on any atom is -0.369 e.